The van der Waals surface area contributed by atoms with Crippen LogP contribution in [0, 0.1) is 0 Å². The fraction of sp³-hybridized carbons (Fsp3) is 0. The molecule has 2 aromatic rings. The van der Waals surface area contributed by atoms with E-state index < -0.39 is 5.56 Å². The molecule has 2 aromatic heterocycles. The smallest absolute Gasteiger partial charge is 0.266 e. The van der Waals surface area contributed by atoms with Crippen LogP contribution in [0.1, 0.15) is 0 Å². The predicted molar refractivity (Wildman–Crippen MR) is 55.5 cm³/mol. The number of halogens is 2. The van der Waals surface area contributed by atoms with Gasteiger partial charge in [0.15, 0.2) is 0 Å². The molecule has 0 bridgehead atoms. The standard InChI is InChI=1S/C7H3Cl2N3OS/c8-4-3-11-12(6(13)5(4)9)7-10-1-2-14-7/h1-3H. The van der Waals surface area contributed by atoms with Gasteiger partial charge in [0, 0.05) is 11.6 Å². The molecule has 0 saturated heterocycles. The highest BCUT2D eigenvalue weighted by Gasteiger charge is 2.09. The van der Waals surface area contributed by atoms with Crippen molar-refractivity contribution in [1.82, 2.24) is 14.8 Å². The molecule has 0 unspecified atom stereocenters. The summed E-state index contributed by atoms with van der Waals surface area (Å²) in [5, 5.41) is 6.12. The van der Waals surface area contributed by atoms with Gasteiger partial charge in [-0.25, -0.2) is 4.98 Å². The van der Waals surface area contributed by atoms with Crippen molar-refractivity contribution in [3.05, 3.63) is 38.2 Å². The molecule has 0 spiro atoms. The Bertz CT molecular complexity index is 508. The van der Waals surface area contributed by atoms with Gasteiger partial charge >= 0.3 is 0 Å². The molecule has 0 amide bonds. The van der Waals surface area contributed by atoms with Gasteiger partial charge < -0.3 is 0 Å². The van der Waals surface area contributed by atoms with Crippen LogP contribution in [0.5, 0.6) is 0 Å². The molecule has 72 valence electrons. The lowest BCUT2D eigenvalue weighted by molar-refractivity contribution is 0.800. The lowest BCUT2D eigenvalue weighted by atomic mass is 10.6. The summed E-state index contributed by atoms with van der Waals surface area (Å²) in [5.74, 6) is 0. The summed E-state index contributed by atoms with van der Waals surface area (Å²) in [6, 6.07) is 0. The second kappa shape index (κ2) is 3.68. The fourth-order valence-corrected chi connectivity index (χ4v) is 1.72. The summed E-state index contributed by atoms with van der Waals surface area (Å²) in [4.78, 5) is 15.5. The molecule has 14 heavy (non-hydrogen) atoms. The van der Waals surface area contributed by atoms with E-state index in [1.807, 2.05) is 0 Å². The van der Waals surface area contributed by atoms with Crippen LogP contribution in [0.4, 0.5) is 0 Å². The van der Waals surface area contributed by atoms with Crippen LogP contribution in [0.15, 0.2) is 22.6 Å². The van der Waals surface area contributed by atoms with Crippen molar-refractivity contribution in [2.24, 2.45) is 0 Å². The molecular weight excluding hydrogens is 245 g/mol. The van der Waals surface area contributed by atoms with Crippen LogP contribution in [0.2, 0.25) is 10.0 Å². The van der Waals surface area contributed by atoms with E-state index in [9.17, 15) is 4.79 Å². The van der Waals surface area contributed by atoms with Gasteiger partial charge in [-0.3, -0.25) is 4.79 Å². The number of nitrogens with zero attached hydrogens (tertiary/aromatic N) is 3. The first-order valence-corrected chi connectivity index (χ1v) is 5.17. The average Bonchev–Trinajstić information content (AvgIpc) is 2.67. The molecule has 0 aromatic carbocycles. The molecule has 0 aliphatic carbocycles. The summed E-state index contributed by atoms with van der Waals surface area (Å²) in [6.07, 6.45) is 2.89. The maximum Gasteiger partial charge on any atom is 0.293 e. The molecule has 2 heterocycles. The van der Waals surface area contributed by atoms with Crippen molar-refractivity contribution < 1.29 is 0 Å². The van der Waals surface area contributed by atoms with E-state index in [1.165, 1.54) is 17.5 Å². The van der Waals surface area contributed by atoms with Crippen LogP contribution >= 0.6 is 34.5 Å². The van der Waals surface area contributed by atoms with Crippen LogP contribution in [-0.4, -0.2) is 14.8 Å². The zero-order valence-electron chi connectivity index (χ0n) is 6.65. The molecule has 2 rings (SSSR count). The van der Waals surface area contributed by atoms with E-state index in [4.69, 9.17) is 23.2 Å². The van der Waals surface area contributed by atoms with Crippen molar-refractivity contribution in [3.63, 3.8) is 0 Å². The summed E-state index contributed by atoms with van der Waals surface area (Å²) in [5.41, 5.74) is -0.464. The highest BCUT2D eigenvalue weighted by atomic mass is 35.5. The molecule has 0 atom stereocenters. The Morgan fingerprint density at radius 3 is 2.86 bits per heavy atom. The molecule has 0 saturated carbocycles. The van der Waals surface area contributed by atoms with Gasteiger partial charge in [-0.1, -0.05) is 23.2 Å². The van der Waals surface area contributed by atoms with E-state index in [1.54, 1.807) is 11.6 Å². The van der Waals surface area contributed by atoms with Gasteiger partial charge in [-0.15, -0.1) is 11.3 Å². The highest BCUT2D eigenvalue weighted by molar-refractivity contribution is 7.12. The van der Waals surface area contributed by atoms with E-state index in [-0.39, 0.29) is 10.0 Å². The van der Waals surface area contributed by atoms with Crippen molar-refractivity contribution in [2.45, 2.75) is 0 Å². The number of rotatable bonds is 1. The maximum atomic E-state index is 11.5. The Morgan fingerprint density at radius 2 is 2.21 bits per heavy atom. The summed E-state index contributed by atoms with van der Waals surface area (Å²) in [6.45, 7) is 0. The van der Waals surface area contributed by atoms with Gasteiger partial charge in [-0.2, -0.15) is 9.78 Å². The van der Waals surface area contributed by atoms with Gasteiger partial charge in [-0.05, 0) is 0 Å². The van der Waals surface area contributed by atoms with Crippen molar-refractivity contribution in [1.29, 1.82) is 0 Å². The van der Waals surface area contributed by atoms with Crippen molar-refractivity contribution in [3.8, 4) is 5.13 Å². The minimum Gasteiger partial charge on any atom is -0.266 e. The third kappa shape index (κ3) is 1.54. The number of hydrogen-bond donors (Lipinski definition) is 0. The lowest BCUT2D eigenvalue weighted by Crippen LogP contribution is -2.21. The topological polar surface area (TPSA) is 47.8 Å². The molecule has 0 aliphatic rings. The Labute approximate surface area is 92.7 Å². The Hall–Kier alpha value is -0.910. The molecular formula is C7H3Cl2N3OS. The van der Waals surface area contributed by atoms with E-state index in [2.05, 4.69) is 10.1 Å². The maximum absolute atomic E-state index is 11.5. The third-order valence-electron chi connectivity index (χ3n) is 1.48. The van der Waals surface area contributed by atoms with E-state index >= 15 is 0 Å². The summed E-state index contributed by atoms with van der Waals surface area (Å²) >= 11 is 12.6. The van der Waals surface area contributed by atoms with Gasteiger partial charge in [0.05, 0.1) is 11.2 Å². The predicted octanol–water partition coefficient (Wildman–Crippen LogP) is 2.00. The lowest BCUT2D eigenvalue weighted by Gasteiger charge is -1.99. The largest absolute Gasteiger partial charge is 0.293 e. The van der Waals surface area contributed by atoms with Crippen LogP contribution in [-0.2, 0) is 0 Å². The van der Waals surface area contributed by atoms with Crippen LogP contribution < -0.4 is 5.56 Å². The Balaban J connectivity index is 2.68. The van der Waals surface area contributed by atoms with Crippen LogP contribution in [0.25, 0.3) is 5.13 Å². The van der Waals surface area contributed by atoms with Gasteiger partial charge in [0.2, 0.25) is 5.13 Å². The second-order valence-corrected chi connectivity index (χ2v) is 4.00. The Morgan fingerprint density at radius 1 is 1.43 bits per heavy atom. The zero-order valence-corrected chi connectivity index (χ0v) is 8.97. The molecule has 7 heteroatoms. The first-order valence-electron chi connectivity index (χ1n) is 3.53. The van der Waals surface area contributed by atoms with E-state index in [0.29, 0.717) is 5.13 Å². The first-order chi connectivity index (χ1) is 6.70. The summed E-state index contributed by atoms with van der Waals surface area (Å²) < 4.78 is 1.11. The van der Waals surface area contributed by atoms with E-state index in [0.717, 1.165) is 4.68 Å². The third-order valence-corrected chi connectivity index (χ3v) is 2.97. The first kappa shape index (κ1) is 9.64. The molecule has 0 aliphatic heterocycles. The van der Waals surface area contributed by atoms with Crippen molar-refractivity contribution in [2.75, 3.05) is 0 Å². The number of hydrogen-bond acceptors (Lipinski definition) is 4. The number of thiazole rings is 1. The molecule has 0 radical (unpaired) electrons. The van der Waals surface area contributed by atoms with Crippen molar-refractivity contribution >= 4 is 34.5 Å². The SMILES string of the molecule is O=c1c(Cl)c(Cl)cnn1-c1nccs1. The Kier molecular flexibility index (Phi) is 2.54. The van der Waals surface area contributed by atoms with Gasteiger partial charge in [0.1, 0.15) is 5.02 Å². The molecule has 4 nitrogen and oxygen atoms in total. The molecule has 0 fully saturated rings. The fourth-order valence-electron chi connectivity index (χ4n) is 0.869. The number of aromatic nitrogens is 3. The minimum atomic E-state index is -0.464. The summed E-state index contributed by atoms with van der Waals surface area (Å²) in [7, 11) is 0. The monoisotopic (exact) mass is 247 g/mol. The normalized spacial score (nSPS) is 10.4. The second-order valence-electron chi connectivity index (χ2n) is 2.34. The quantitative estimate of drug-likeness (QED) is 0.775. The zero-order chi connectivity index (χ0) is 10.1. The molecule has 0 N–H and O–H groups in total. The van der Waals surface area contributed by atoms with Crippen LogP contribution in [0.3, 0.4) is 0 Å². The van der Waals surface area contributed by atoms with Gasteiger partial charge in [0.25, 0.3) is 5.56 Å². The highest BCUT2D eigenvalue weighted by Crippen LogP contribution is 2.16. The average molecular weight is 248 g/mol. The minimum absolute atomic E-state index is 0.0446.